The second-order valence-corrected chi connectivity index (χ2v) is 7.80. The van der Waals surface area contributed by atoms with Crippen molar-refractivity contribution in [1.82, 2.24) is 9.78 Å². The monoisotopic (exact) mass is 317 g/mol. The Bertz CT molecular complexity index is 450. The van der Waals surface area contributed by atoms with Gasteiger partial charge in [0.05, 0.1) is 5.69 Å². The molecular weight excluding hydrogens is 302 g/mol. The maximum Gasteiger partial charge on any atom is 0.144 e. The summed E-state index contributed by atoms with van der Waals surface area (Å²) in [6.45, 7) is 6.71. The van der Waals surface area contributed by atoms with Crippen LogP contribution in [0.5, 0.6) is 0 Å². The third kappa shape index (κ3) is 2.92. The van der Waals surface area contributed by atoms with Crippen molar-refractivity contribution in [2.45, 2.75) is 44.9 Å². The van der Waals surface area contributed by atoms with Gasteiger partial charge in [0, 0.05) is 12.6 Å². The summed E-state index contributed by atoms with van der Waals surface area (Å²) in [5.74, 6) is 0. The number of hydrogen-bond acceptors (Lipinski definition) is 3. The van der Waals surface area contributed by atoms with E-state index >= 15 is 0 Å². The van der Waals surface area contributed by atoms with Crippen LogP contribution >= 0.6 is 15.9 Å². The standard InChI is InChI=1S/C11H16BrN3OS/c1-11(2,3)17(16)14-8-5-4-6-15-9(8)7-10(12)13-15/h7H,4-6H2,1-3H3/b14-8+/t17-/m0/s1. The van der Waals surface area contributed by atoms with E-state index in [2.05, 4.69) is 25.4 Å². The van der Waals surface area contributed by atoms with Crippen LogP contribution in [-0.2, 0) is 17.9 Å². The first-order valence-electron chi connectivity index (χ1n) is 5.61. The molecule has 1 aromatic heterocycles. The fraction of sp³-hybridized carbons (Fsp3) is 0.636. The summed E-state index contributed by atoms with van der Waals surface area (Å²) in [5, 5.41) is 4.32. The number of nitrogens with zero attached hydrogens (tertiary/aromatic N) is 3. The molecule has 0 fully saturated rings. The van der Waals surface area contributed by atoms with E-state index in [4.69, 9.17) is 0 Å². The van der Waals surface area contributed by atoms with Crippen LogP contribution in [-0.4, -0.2) is 24.8 Å². The number of hydrogen-bond donors (Lipinski definition) is 0. The molecule has 0 bridgehead atoms. The first kappa shape index (κ1) is 13.1. The van der Waals surface area contributed by atoms with E-state index in [1.165, 1.54) is 0 Å². The van der Waals surface area contributed by atoms with Gasteiger partial charge in [-0.05, 0) is 49.5 Å². The highest BCUT2D eigenvalue weighted by Gasteiger charge is 2.29. The summed E-state index contributed by atoms with van der Waals surface area (Å²) in [6, 6.07) is 1.94. The lowest BCUT2D eigenvalue weighted by Crippen LogP contribution is -2.28. The molecule has 2 heterocycles. The van der Waals surface area contributed by atoms with Gasteiger partial charge in [-0.15, -0.1) is 0 Å². The minimum Gasteiger partial charge on any atom is -0.591 e. The molecule has 1 aromatic rings. The van der Waals surface area contributed by atoms with Gasteiger partial charge < -0.3 is 4.55 Å². The predicted molar refractivity (Wildman–Crippen MR) is 73.6 cm³/mol. The van der Waals surface area contributed by atoms with Crippen molar-refractivity contribution in [3.8, 4) is 0 Å². The van der Waals surface area contributed by atoms with Crippen LogP contribution in [0.1, 0.15) is 39.3 Å². The molecule has 0 aromatic carbocycles. The van der Waals surface area contributed by atoms with Gasteiger partial charge in [-0.25, -0.2) is 0 Å². The molecule has 94 valence electrons. The van der Waals surface area contributed by atoms with Gasteiger partial charge in [-0.2, -0.15) is 5.10 Å². The molecule has 1 aliphatic rings. The van der Waals surface area contributed by atoms with Crippen LogP contribution in [0.4, 0.5) is 0 Å². The van der Waals surface area contributed by atoms with E-state index in [1.807, 2.05) is 31.5 Å². The zero-order valence-electron chi connectivity index (χ0n) is 10.2. The Hall–Kier alpha value is -0.330. The minimum absolute atomic E-state index is 0.313. The lowest BCUT2D eigenvalue weighted by Gasteiger charge is -2.21. The Balaban J connectivity index is 2.32. The highest BCUT2D eigenvalue weighted by atomic mass is 79.9. The lowest BCUT2D eigenvalue weighted by atomic mass is 10.1. The summed E-state index contributed by atoms with van der Waals surface area (Å²) in [7, 11) is 0. The summed E-state index contributed by atoms with van der Waals surface area (Å²) in [5.41, 5.74) is 1.89. The third-order valence-corrected chi connectivity index (χ3v) is 4.37. The van der Waals surface area contributed by atoms with Crippen LogP contribution in [0.3, 0.4) is 0 Å². The fourth-order valence-corrected chi connectivity index (χ4v) is 2.71. The largest absolute Gasteiger partial charge is 0.591 e. The van der Waals surface area contributed by atoms with Crippen LogP contribution in [0.15, 0.2) is 15.1 Å². The van der Waals surface area contributed by atoms with Crippen molar-refractivity contribution in [2.75, 3.05) is 0 Å². The van der Waals surface area contributed by atoms with Crippen molar-refractivity contribution in [3.63, 3.8) is 0 Å². The van der Waals surface area contributed by atoms with Gasteiger partial charge >= 0.3 is 0 Å². The molecule has 0 N–H and O–H groups in total. The molecule has 0 unspecified atom stereocenters. The summed E-state index contributed by atoms with van der Waals surface area (Å²) in [6.07, 6.45) is 1.88. The predicted octanol–water partition coefficient (Wildman–Crippen LogP) is 2.69. The number of halogens is 1. The molecule has 0 amide bonds. The van der Waals surface area contributed by atoms with E-state index in [0.717, 1.165) is 35.4 Å². The van der Waals surface area contributed by atoms with Crippen molar-refractivity contribution in [2.24, 2.45) is 4.40 Å². The molecule has 0 saturated carbocycles. The van der Waals surface area contributed by atoms with Gasteiger partial charge in [0.2, 0.25) is 0 Å². The molecule has 2 rings (SSSR count). The van der Waals surface area contributed by atoms with Crippen LogP contribution in [0.2, 0.25) is 0 Å². The SMILES string of the molecule is CC(C)(C)[S@+]([O-])/N=C1\CCCn2nc(Br)cc21. The van der Waals surface area contributed by atoms with Gasteiger partial charge in [0.15, 0.2) is 0 Å². The molecule has 0 spiro atoms. The number of rotatable bonds is 1. The van der Waals surface area contributed by atoms with Crippen LogP contribution < -0.4 is 0 Å². The molecule has 4 nitrogen and oxygen atoms in total. The molecule has 1 aliphatic heterocycles. The summed E-state index contributed by atoms with van der Waals surface area (Å²) in [4.78, 5) is 0. The molecule has 0 saturated heterocycles. The van der Waals surface area contributed by atoms with E-state index in [1.54, 1.807) is 0 Å². The number of aromatic nitrogens is 2. The van der Waals surface area contributed by atoms with E-state index in [0.29, 0.717) is 0 Å². The van der Waals surface area contributed by atoms with E-state index in [9.17, 15) is 4.55 Å². The molecule has 17 heavy (non-hydrogen) atoms. The van der Waals surface area contributed by atoms with Crippen molar-refractivity contribution >= 4 is 33.0 Å². The average Bonchev–Trinajstić information content (AvgIpc) is 2.58. The Kier molecular flexibility index (Phi) is 3.66. The van der Waals surface area contributed by atoms with Crippen molar-refractivity contribution < 1.29 is 4.55 Å². The minimum atomic E-state index is -1.20. The summed E-state index contributed by atoms with van der Waals surface area (Å²) < 4.78 is 18.8. The van der Waals surface area contributed by atoms with Crippen molar-refractivity contribution in [3.05, 3.63) is 16.4 Å². The molecule has 0 radical (unpaired) electrons. The summed E-state index contributed by atoms with van der Waals surface area (Å²) >= 11 is 2.16. The van der Waals surface area contributed by atoms with Crippen LogP contribution in [0.25, 0.3) is 0 Å². The Morgan fingerprint density at radius 3 is 2.88 bits per heavy atom. The Morgan fingerprint density at radius 1 is 1.53 bits per heavy atom. The average molecular weight is 318 g/mol. The first-order valence-corrected chi connectivity index (χ1v) is 7.51. The third-order valence-electron chi connectivity index (χ3n) is 2.55. The van der Waals surface area contributed by atoms with Gasteiger partial charge in [0.25, 0.3) is 0 Å². The fourth-order valence-electron chi connectivity index (χ4n) is 1.64. The van der Waals surface area contributed by atoms with Gasteiger partial charge in [-0.3, -0.25) is 4.68 Å². The van der Waals surface area contributed by atoms with Crippen molar-refractivity contribution in [1.29, 1.82) is 0 Å². The molecule has 1 atom stereocenters. The van der Waals surface area contributed by atoms with E-state index < -0.39 is 11.4 Å². The lowest BCUT2D eigenvalue weighted by molar-refractivity contribution is 0.554. The van der Waals surface area contributed by atoms with Crippen LogP contribution in [0, 0.1) is 0 Å². The Morgan fingerprint density at radius 2 is 2.24 bits per heavy atom. The highest BCUT2D eigenvalue weighted by Crippen LogP contribution is 2.23. The van der Waals surface area contributed by atoms with Gasteiger partial charge in [0.1, 0.15) is 26.4 Å². The van der Waals surface area contributed by atoms with E-state index in [-0.39, 0.29) is 4.75 Å². The first-order chi connectivity index (χ1) is 7.88. The maximum atomic E-state index is 12.0. The Labute approximate surface area is 113 Å². The second-order valence-electron chi connectivity index (χ2n) is 5.08. The highest BCUT2D eigenvalue weighted by molar-refractivity contribution is 9.10. The second kappa shape index (κ2) is 4.74. The maximum absolute atomic E-state index is 12.0. The number of aryl methyl sites for hydroxylation is 1. The quantitative estimate of drug-likeness (QED) is 0.748. The topological polar surface area (TPSA) is 53.2 Å². The normalized spacial score (nSPS) is 20.4. The molecule has 0 aliphatic carbocycles. The molecular formula is C11H16BrN3OS. The smallest absolute Gasteiger partial charge is 0.144 e. The molecule has 6 heteroatoms. The zero-order valence-corrected chi connectivity index (χ0v) is 12.6. The number of fused-ring (bicyclic) bond motifs is 1. The zero-order chi connectivity index (χ0) is 12.6. The van der Waals surface area contributed by atoms with Gasteiger partial charge in [-0.1, -0.05) is 4.40 Å².